The van der Waals surface area contributed by atoms with Crippen molar-refractivity contribution in [3.63, 3.8) is 0 Å². The third kappa shape index (κ3) is 4.03. The highest BCUT2D eigenvalue weighted by atomic mass is 32.2. The predicted octanol–water partition coefficient (Wildman–Crippen LogP) is 1.37. The van der Waals surface area contributed by atoms with Crippen LogP contribution in [0.15, 0.2) is 0 Å². The number of hydrogen-bond donors (Lipinski definition) is 2. The topological polar surface area (TPSA) is 55.1 Å². The second-order valence-electron chi connectivity index (χ2n) is 5.22. The van der Waals surface area contributed by atoms with Gasteiger partial charge in [-0.3, -0.25) is 4.79 Å². The minimum atomic E-state index is -0.413. The summed E-state index contributed by atoms with van der Waals surface area (Å²) in [5.41, 5.74) is 5.70. The van der Waals surface area contributed by atoms with Crippen molar-refractivity contribution in [3.05, 3.63) is 0 Å². The standard InChI is InChI=1S/C11H22N2OS/c1-11(2,3)9(12)10(14)13-7-8-5-4-6-15-8/h8-9H,4-7,12H2,1-3H3,(H,13,14)/t8?,9-/m1/s1. The number of rotatable bonds is 3. The summed E-state index contributed by atoms with van der Waals surface area (Å²) in [6.07, 6.45) is 2.49. The summed E-state index contributed by atoms with van der Waals surface area (Å²) >= 11 is 1.95. The van der Waals surface area contributed by atoms with Gasteiger partial charge in [0, 0.05) is 11.8 Å². The fraction of sp³-hybridized carbons (Fsp3) is 0.909. The Morgan fingerprint density at radius 3 is 2.73 bits per heavy atom. The highest BCUT2D eigenvalue weighted by Gasteiger charge is 2.27. The summed E-state index contributed by atoms with van der Waals surface area (Å²) in [6, 6.07) is -0.413. The van der Waals surface area contributed by atoms with Crippen molar-refractivity contribution in [1.82, 2.24) is 5.32 Å². The lowest BCUT2D eigenvalue weighted by molar-refractivity contribution is -0.124. The average Bonchev–Trinajstić information content (AvgIpc) is 2.63. The zero-order valence-electron chi connectivity index (χ0n) is 9.88. The van der Waals surface area contributed by atoms with E-state index in [2.05, 4.69) is 5.32 Å². The van der Waals surface area contributed by atoms with Gasteiger partial charge in [-0.2, -0.15) is 11.8 Å². The molecule has 1 heterocycles. The molecule has 0 bridgehead atoms. The molecule has 1 aliphatic rings. The zero-order chi connectivity index (χ0) is 11.5. The first-order valence-corrected chi connectivity index (χ1v) is 6.61. The molecule has 0 aromatic heterocycles. The van der Waals surface area contributed by atoms with Crippen molar-refractivity contribution in [2.75, 3.05) is 12.3 Å². The van der Waals surface area contributed by atoms with Crippen molar-refractivity contribution in [2.24, 2.45) is 11.1 Å². The maximum atomic E-state index is 11.7. The summed E-state index contributed by atoms with van der Waals surface area (Å²) in [4.78, 5) is 11.7. The number of amides is 1. The second-order valence-corrected chi connectivity index (χ2v) is 6.63. The molecule has 15 heavy (non-hydrogen) atoms. The second kappa shape index (κ2) is 5.21. The summed E-state index contributed by atoms with van der Waals surface area (Å²) in [6.45, 7) is 6.73. The molecular formula is C11H22N2OS. The molecule has 1 saturated heterocycles. The Balaban J connectivity index is 2.29. The van der Waals surface area contributed by atoms with E-state index in [1.54, 1.807) is 0 Å². The molecule has 3 N–H and O–H groups in total. The highest BCUT2D eigenvalue weighted by molar-refractivity contribution is 8.00. The van der Waals surface area contributed by atoms with Crippen LogP contribution in [0, 0.1) is 5.41 Å². The molecule has 88 valence electrons. The van der Waals surface area contributed by atoms with E-state index in [1.165, 1.54) is 18.6 Å². The number of thioether (sulfide) groups is 1. The monoisotopic (exact) mass is 230 g/mol. The van der Waals surface area contributed by atoms with Gasteiger partial charge in [0.1, 0.15) is 0 Å². The van der Waals surface area contributed by atoms with Gasteiger partial charge in [0.2, 0.25) is 5.91 Å². The summed E-state index contributed by atoms with van der Waals surface area (Å²) in [7, 11) is 0. The van der Waals surface area contributed by atoms with Crippen molar-refractivity contribution >= 4 is 17.7 Å². The Morgan fingerprint density at radius 1 is 1.60 bits per heavy atom. The van der Waals surface area contributed by atoms with Gasteiger partial charge in [-0.1, -0.05) is 20.8 Å². The zero-order valence-corrected chi connectivity index (χ0v) is 10.7. The Bertz CT molecular complexity index is 219. The van der Waals surface area contributed by atoms with Crippen LogP contribution in [-0.4, -0.2) is 29.5 Å². The van der Waals surface area contributed by atoms with Crippen molar-refractivity contribution in [1.29, 1.82) is 0 Å². The van der Waals surface area contributed by atoms with Crippen LogP contribution in [-0.2, 0) is 4.79 Å². The van der Waals surface area contributed by atoms with Crippen LogP contribution in [0.1, 0.15) is 33.6 Å². The number of carbonyl (C=O) groups excluding carboxylic acids is 1. The molecule has 1 unspecified atom stereocenters. The van der Waals surface area contributed by atoms with Crippen LogP contribution in [0.3, 0.4) is 0 Å². The molecule has 1 rings (SSSR count). The smallest absolute Gasteiger partial charge is 0.237 e. The van der Waals surface area contributed by atoms with E-state index in [0.29, 0.717) is 5.25 Å². The molecule has 0 saturated carbocycles. The van der Waals surface area contributed by atoms with Crippen LogP contribution in [0.5, 0.6) is 0 Å². The molecule has 0 aliphatic carbocycles. The molecule has 3 nitrogen and oxygen atoms in total. The normalized spacial score (nSPS) is 23.9. The summed E-state index contributed by atoms with van der Waals surface area (Å²) < 4.78 is 0. The lowest BCUT2D eigenvalue weighted by atomic mass is 9.87. The summed E-state index contributed by atoms with van der Waals surface area (Å²) in [5.74, 6) is 1.21. The lowest BCUT2D eigenvalue weighted by Crippen LogP contribution is -2.49. The van der Waals surface area contributed by atoms with Gasteiger partial charge in [-0.15, -0.1) is 0 Å². The van der Waals surface area contributed by atoms with E-state index in [-0.39, 0.29) is 11.3 Å². The first-order chi connectivity index (χ1) is 6.91. The largest absolute Gasteiger partial charge is 0.354 e. The van der Waals surface area contributed by atoms with Gasteiger partial charge < -0.3 is 11.1 Å². The van der Waals surface area contributed by atoms with Gasteiger partial charge in [0.15, 0.2) is 0 Å². The number of nitrogens with two attached hydrogens (primary N) is 1. The van der Waals surface area contributed by atoms with Crippen molar-refractivity contribution < 1.29 is 4.79 Å². The maximum Gasteiger partial charge on any atom is 0.237 e. The average molecular weight is 230 g/mol. The molecule has 2 atom stereocenters. The van der Waals surface area contributed by atoms with Crippen LogP contribution < -0.4 is 11.1 Å². The molecule has 1 aliphatic heterocycles. The molecule has 0 spiro atoms. The van der Waals surface area contributed by atoms with Gasteiger partial charge in [0.05, 0.1) is 6.04 Å². The number of carbonyl (C=O) groups is 1. The van der Waals surface area contributed by atoms with Crippen LogP contribution >= 0.6 is 11.8 Å². The van der Waals surface area contributed by atoms with E-state index in [1.807, 2.05) is 32.5 Å². The first kappa shape index (κ1) is 12.8. The molecule has 1 amide bonds. The van der Waals surface area contributed by atoms with E-state index in [9.17, 15) is 4.79 Å². The number of nitrogens with one attached hydrogen (secondary N) is 1. The molecule has 0 aromatic carbocycles. The molecular weight excluding hydrogens is 208 g/mol. The molecule has 0 radical (unpaired) electrons. The fourth-order valence-corrected chi connectivity index (χ4v) is 2.72. The van der Waals surface area contributed by atoms with E-state index >= 15 is 0 Å². The van der Waals surface area contributed by atoms with E-state index < -0.39 is 6.04 Å². The SMILES string of the molecule is CC(C)(C)[C@H](N)C(=O)NCC1CCCS1. The van der Waals surface area contributed by atoms with Crippen LogP contribution in [0.2, 0.25) is 0 Å². The predicted molar refractivity (Wildman–Crippen MR) is 65.9 cm³/mol. The first-order valence-electron chi connectivity index (χ1n) is 5.56. The highest BCUT2D eigenvalue weighted by Crippen LogP contribution is 2.25. The molecule has 1 fully saturated rings. The van der Waals surface area contributed by atoms with Crippen LogP contribution in [0.25, 0.3) is 0 Å². The van der Waals surface area contributed by atoms with Gasteiger partial charge >= 0.3 is 0 Å². The maximum absolute atomic E-state index is 11.7. The Labute approximate surface area is 96.6 Å². The minimum Gasteiger partial charge on any atom is -0.354 e. The van der Waals surface area contributed by atoms with Crippen molar-refractivity contribution in [2.45, 2.75) is 44.9 Å². The fourth-order valence-electron chi connectivity index (χ4n) is 1.52. The third-order valence-electron chi connectivity index (χ3n) is 2.74. The third-order valence-corrected chi connectivity index (χ3v) is 4.14. The molecule has 4 heteroatoms. The summed E-state index contributed by atoms with van der Waals surface area (Å²) in [5, 5.41) is 3.54. The van der Waals surface area contributed by atoms with Crippen molar-refractivity contribution in [3.8, 4) is 0 Å². The quantitative estimate of drug-likeness (QED) is 0.770. The van der Waals surface area contributed by atoms with Gasteiger partial charge in [-0.25, -0.2) is 0 Å². The Kier molecular flexibility index (Phi) is 4.46. The van der Waals surface area contributed by atoms with E-state index in [4.69, 9.17) is 5.73 Å². The van der Waals surface area contributed by atoms with Gasteiger partial charge in [-0.05, 0) is 24.0 Å². The lowest BCUT2D eigenvalue weighted by Gasteiger charge is -2.26. The minimum absolute atomic E-state index is 0.0185. The Morgan fingerprint density at radius 2 is 2.27 bits per heavy atom. The Hall–Kier alpha value is -0.220. The van der Waals surface area contributed by atoms with E-state index in [0.717, 1.165) is 6.54 Å². The molecule has 0 aromatic rings. The van der Waals surface area contributed by atoms with Gasteiger partial charge in [0.25, 0.3) is 0 Å². The number of hydrogen-bond acceptors (Lipinski definition) is 3. The van der Waals surface area contributed by atoms with Crippen LogP contribution in [0.4, 0.5) is 0 Å².